The smallest absolute Gasteiger partial charge is 0.272 e. The van der Waals surface area contributed by atoms with Crippen molar-refractivity contribution in [3.8, 4) is 0 Å². The van der Waals surface area contributed by atoms with Crippen LogP contribution in [-0.4, -0.2) is 32.9 Å². The number of benzene rings is 1. The predicted molar refractivity (Wildman–Crippen MR) is 87.7 cm³/mol. The molecule has 3 rings (SSSR count). The van der Waals surface area contributed by atoms with Crippen LogP contribution in [0.4, 0.5) is 0 Å². The Bertz CT molecular complexity index is 843. The maximum Gasteiger partial charge on any atom is 0.272 e. The van der Waals surface area contributed by atoms with Crippen LogP contribution in [0.5, 0.6) is 0 Å². The topological polar surface area (TPSA) is 66.3 Å². The quantitative estimate of drug-likeness (QED) is 0.804. The van der Waals surface area contributed by atoms with E-state index in [9.17, 15) is 4.79 Å². The highest BCUT2D eigenvalue weighted by atomic mass is 16.3. The third kappa shape index (κ3) is 3.19. The van der Waals surface area contributed by atoms with E-state index in [2.05, 4.69) is 9.97 Å². The summed E-state index contributed by atoms with van der Waals surface area (Å²) >= 11 is 0. The van der Waals surface area contributed by atoms with E-state index in [1.807, 2.05) is 30.5 Å². The molecule has 0 bridgehead atoms. The Morgan fingerprint density at radius 2 is 2.00 bits per heavy atom. The Balaban J connectivity index is 1.85. The Kier molecular flexibility index (Phi) is 4.30. The van der Waals surface area contributed by atoms with Crippen LogP contribution in [0.25, 0.3) is 10.8 Å². The summed E-state index contributed by atoms with van der Waals surface area (Å²) in [7, 11) is 1.75. The van der Waals surface area contributed by atoms with Crippen molar-refractivity contribution in [2.24, 2.45) is 0 Å². The van der Waals surface area contributed by atoms with Gasteiger partial charge in [-0.1, -0.05) is 24.3 Å². The molecule has 0 aliphatic rings. The molecule has 116 valence electrons. The zero-order valence-electron chi connectivity index (χ0n) is 12.8. The van der Waals surface area contributed by atoms with Gasteiger partial charge in [0, 0.05) is 31.4 Å². The number of amides is 1. The van der Waals surface area contributed by atoms with Gasteiger partial charge in [-0.15, -0.1) is 0 Å². The van der Waals surface area contributed by atoms with Crippen molar-refractivity contribution < 1.29 is 9.90 Å². The van der Waals surface area contributed by atoms with Crippen molar-refractivity contribution in [1.82, 2.24) is 14.9 Å². The van der Waals surface area contributed by atoms with Gasteiger partial charge in [0.15, 0.2) is 0 Å². The Morgan fingerprint density at radius 1 is 1.17 bits per heavy atom. The van der Waals surface area contributed by atoms with Crippen LogP contribution in [0.15, 0.2) is 54.9 Å². The maximum absolute atomic E-state index is 12.5. The van der Waals surface area contributed by atoms with E-state index in [4.69, 9.17) is 5.11 Å². The number of rotatable bonds is 4. The maximum atomic E-state index is 12.5. The minimum absolute atomic E-state index is 0.175. The highest BCUT2D eigenvalue weighted by molar-refractivity contribution is 5.92. The molecule has 3 aromatic rings. The molecule has 23 heavy (non-hydrogen) atoms. The summed E-state index contributed by atoms with van der Waals surface area (Å²) in [5.74, 6) is -0.175. The van der Waals surface area contributed by atoms with Gasteiger partial charge >= 0.3 is 0 Å². The molecule has 1 N–H and O–H groups in total. The first kappa shape index (κ1) is 15.1. The van der Waals surface area contributed by atoms with Crippen LogP contribution in [0.1, 0.15) is 21.7 Å². The largest absolute Gasteiger partial charge is 0.390 e. The molecule has 0 aliphatic carbocycles. The van der Waals surface area contributed by atoms with Gasteiger partial charge in [0.05, 0.1) is 12.3 Å². The van der Waals surface area contributed by atoms with Crippen molar-refractivity contribution in [3.05, 3.63) is 71.8 Å². The summed E-state index contributed by atoms with van der Waals surface area (Å²) in [5, 5.41) is 11.3. The second kappa shape index (κ2) is 6.54. The number of carbonyl (C=O) groups is 1. The van der Waals surface area contributed by atoms with E-state index in [0.717, 1.165) is 16.3 Å². The molecule has 0 aliphatic heterocycles. The highest BCUT2D eigenvalue weighted by Gasteiger charge is 2.15. The standard InChI is InChI=1S/C18H17N3O2/c1-21(18(23)17-7-3-6-15(12-22)20-17)11-14-5-2-4-13-10-19-9-8-16(13)14/h2-10,22H,11-12H2,1H3. The summed E-state index contributed by atoms with van der Waals surface area (Å²) < 4.78 is 0. The molecule has 1 amide bonds. The third-order valence-electron chi connectivity index (χ3n) is 3.71. The summed E-state index contributed by atoms with van der Waals surface area (Å²) in [4.78, 5) is 22.4. The van der Waals surface area contributed by atoms with Gasteiger partial charge in [0.1, 0.15) is 5.69 Å². The first-order valence-corrected chi connectivity index (χ1v) is 7.33. The lowest BCUT2D eigenvalue weighted by Crippen LogP contribution is -2.27. The van der Waals surface area contributed by atoms with E-state index in [-0.39, 0.29) is 12.5 Å². The molecule has 2 aromatic heterocycles. The normalized spacial score (nSPS) is 10.7. The molecule has 0 saturated heterocycles. The molecule has 1 aromatic carbocycles. The van der Waals surface area contributed by atoms with E-state index in [1.54, 1.807) is 36.3 Å². The first-order chi connectivity index (χ1) is 11.2. The van der Waals surface area contributed by atoms with Crippen LogP contribution in [0, 0.1) is 0 Å². The van der Waals surface area contributed by atoms with Gasteiger partial charge in [-0.3, -0.25) is 9.78 Å². The van der Waals surface area contributed by atoms with Crippen LogP contribution in [0.3, 0.4) is 0 Å². The lowest BCUT2D eigenvalue weighted by molar-refractivity contribution is 0.0779. The number of pyridine rings is 2. The molecule has 0 spiro atoms. The van der Waals surface area contributed by atoms with Gasteiger partial charge in [0.2, 0.25) is 0 Å². The van der Waals surface area contributed by atoms with E-state index in [0.29, 0.717) is 17.9 Å². The van der Waals surface area contributed by atoms with E-state index >= 15 is 0 Å². The lowest BCUT2D eigenvalue weighted by atomic mass is 10.1. The number of hydrogen-bond acceptors (Lipinski definition) is 4. The summed E-state index contributed by atoms with van der Waals surface area (Å²) in [6.07, 6.45) is 3.56. The van der Waals surface area contributed by atoms with Gasteiger partial charge in [-0.05, 0) is 29.1 Å². The van der Waals surface area contributed by atoms with Crippen LogP contribution in [0.2, 0.25) is 0 Å². The molecule has 0 saturated carbocycles. The molecule has 0 unspecified atom stereocenters. The summed E-state index contributed by atoms with van der Waals surface area (Å²) in [5.41, 5.74) is 1.88. The van der Waals surface area contributed by atoms with E-state index < -0.39 is 0 Å². The van der Waals surface area contributed by atoms with Crippen molar-refractivity contribution in [1.29, 1.82) is 0 Å². The number of aliphatic hydroxyl groups is 1. The van der Waals surface area contributed by atoms with Crippen molar-refractivity contribution in [2.75, 3.05) is 7.05 Å². The predicted octanol–water partition coefficient (Wildman–Crippen LogP) is 2.39. The monoisotopic (exact) mass is 307 g/mol. The molecule has 0 fully saturated rings. The Morgan fingerprint density at radius 3 is 2.83 bits per heavy atom. The fourth-order valence-corrected chi connectivity index (χ4v) is 2.54. The van der Waals surface area contributed by atoms with E-state index in [1.165, 1.54) is 0 Å². The van der Waals surface area contributed by atoms with Crippen molar-refractivity contribution >= 4 is 16.7 Å². The molecular formula is C18H17N3O2. The average molecular weight is 307 g/mol. The van der Waals surface area contributed by atoms with Crippen LogP contribution in [-0.2, 0) is 13.2 Å². The molecule has 0 atom stereocenters. The van der Waals surface area contributed by atoms with Gasteiger partial charge < -0.3 is 10.0 Å². The first-order valence-electron chi connectivity index (χ1n) is 7.33. The molecular weight excluding hydrogens is 290 g/mol. The van der Waals surface area contributed by atoms with Crippen LogP contribution >= 0.6 is 0 Å². The number of nitrogens with zero attached hydrogens (tertiary/aromatic N) is 3. The molecule has 5 heteroatoms. The number of aromatic nitrogens is 2. The van der Waals surface area contributed by atoms with Crippen LogP contribution < -0.4 is 0 Å². The SMILES string of the molecule is CN(Cc1cccc2cnccc12)C(=O)c1cccc(CO)n1. The van der Waals surface area contributed by atoms with Gasteiger partial charge in [-0.25, -0.2) is 4.98 Å². The third-order valence-corrected chi connectivity index (χ3v) is 3.71. The highest BCUT2D eigenvalue weighted by Crippen LogP contribution is 2.19. The molecule has 5 nitrogen and oxygen atoms in total. The summed E-state index contributed by atoms with van der Waals surface area (Å²) in [6.45, 7) is 0.298. The zero-order valence-corrected chi connectivity index (χ0v) is 12.8. The number of carbonyl (C=O) groups excluding carboxylic acids is 1. The summed E-state index contributed by atoms with van der Waals surface area (Å²) in [6, 6.07) is 13.0. The van der Waals surface area contributed by atoms with Crippen molar-refractivity contribution in [2.45, 2.75) is 13.2 Å². The van der Waals surface area contributed by atoms with Gasteiger partial charge in [-0.2, -0.15) is 0 Å². The molecule has 2 heterocycles. The van der Waals surface area contributed by atoms with Crippen molar-refractivity contribution in [3.63, 3.8) is 0 Å². The fraction of sp³-hybridized carbons (Fsp3) is 0.167. The number of aliphatic hydroxyl groups excluding tert-OH is 1. The second-order valence-electron chi connectivity index (χ2n) is 5.35. The Hall–Kier alpha value is -2.79. The Labute approximate surface area is 134 Å². The fourth-order valence-electron chi connectivity index (χ4n) is 2.54. The molecule has 0 radical (unpaired) electrons. The minimum atomic E-state index is -0.179. The number of hydrogen-bond donors (Lipinski definition) is 1. The number of fused-ring (bicyclic) bond motifs is 1. The lowest BCUT2D eigenvalue weighted by Gasteiger charge is -2.18. The zero-order chi connectivity index (χ0) is 16.2. The average Bonchev–Trinajstić information content (AvgIpc) is 2.61. The van der Waals surface area contributed by atoms with Gasteiger partial charge in [0.25, 0.3) is 5.91 Å². The second-order valence-corrected chi connectivity index (χ2v) is 5.35. The minimum Gasteiger partial charge on any atom is -0.390 e.